The lowest BCUT2D eigenvalue weighted by molar-refractivity contribution is -0.114. The Balaban J connectivity index is 1.83. The van der Waals surface area contributed by atoms with Crippen molar-refractivity contribution < 1.29 is 18.0 Å². The van der Waals surface area contributed by atoms with E-state index in [0.717, 1.165) is 12.8 Å². The van der Waals surface area contributed by atoms with Gasteiger partial charge in [0, 0.05) is 37.0 Å². The van der Waals surface area contributed by atoms with Crippen molar-refractivity contribution in [3.63, 3.8) is 0 Å². The van der Waals surface area contributed by atoms with Gasteiger partial charge in [-0.15, -0.1) is 0 Å². The van der Waals surface area contributed by atoms with Crippen molar-refractivity contribution in [2.24, 2.45) is 5.92 Å². The Bertz CT molecular complexity index is 1060. The lowest BCUT2D eigenvalue weighted by atomic mass is 10.0. The van der Waals surface area contributed by atoms with Crippen LogP contribution in [0.1, 0.15) is 42.6 Å². The number of benzene rings is 2. The molecule has 0 aromatic heterocycles. The standard InChI is InChI=1S/C22H27N3O4S/c1-15-9-11-25(12-10-15)30(28,29)20-8-7-16(2)21(14-20)22(27)24-19-6-4-5-18(13-19)23-17(3)26/h4-8,13-15H,9-12H2,1-3H3,(H,23,26)(H,24,27). The summed E-state index contributed by atoms with van der Waals surface area (Å²) in [4.78, 5) is 24.2. The molecule has 0 aliphatic carbocycles. The van der Waals surface area contributed by atoms with Gasteiger partial charge < -0.3 is 10.6 Å². The number of nitrogens with one attached hydrogen (secondary N) is 2. The normalized spacial score (nSPS) is 15.6. The van der Waals surface area contributed by atoms with E-state index in [9.17, 15) is 18.0 Å². The van der Waals surface area contributed by atoms with Crippen LogP contribution in [-0.4, -0.2) is 37.6 Å². The molecule has 30 heavy (non-hydrogen) atoms. The summed E-state index contributed by atoms with van der Waals surface area (Å²) in [6, 6.07) is 11.4. The van der Waals surface area contributed by atoms with Crippen LogP contribution in [0, 0.1) is 12.8 Å². The molecule has 0 bridgehead atoms. The van der Waals surface area contributed by atoms with Crippen LogP contribution in [0.25, 0.3) is 0 Å². The van der Waals surface area contributed by atoms with Gasteiger partial charge in [0.15, 0.2) is 0 Å². The van der Waals surface area contributed by atoms with Gasteiger partial charge in [0.25, 0.3) is 5.91 Å². The van der Waals surface area contributed by atoms with Crippen LogP contribution in [0.3, 0.4) is 0 Å². The van der Waals surface area contributed by atoms with E-state index in [1.165, 1.54) is 17.3 Å². The Labute approximate surface area is 177 Å². The summed E-state index contributed by atoms with van der Waals surface area (Å²) < 4.78 is 27.6. The minimum absolute atomic E-state index is 0.125. The largest absolute Gasteiger partial charge is 0.326 e. The second kappa shape index (κ2) is 8.97. The number of nitrogens with zero attached hydrogens (tertiary/aromatic N) is 1. The molecule has 0 spiro atoms. The van der Waals surface area contributed by atoms with Crippen LogP contribution in [0.4, 0.5) is 11.4 Å². The van der Waals surface area contributed by atoms with Crippen LogP contribution in [-0.2, 0) is 14.8 Å². The van der Waals surface area contributed by atoms with Gasteiger partial charge in [-0.3, -0.25) is 9.59 Å². The number of hydrogen-bond donors (Lipinski definition) is 2. The zero-order valence-electron chi connectivity index (χ0n) is 17.4. The van der Waals surface area contributed by atoms with E-state index in [2.05, 4.69) is 17.6 Å². The molecule has 2 aromatic carbocycles. The number of rotatable bonds is 5. The third kappa shape index (κ3) is 5.06. The monoisotopic (exact) mass is 429 g/mol. The van der Waals surface area contributed by atoms with Gasteiger partial charge in [-0.2, -0.15) is 4.31 Å². The van der Waals surface area contributed by atoms with Gasteiger partial charge in [-0.1, -0.05) is 19.1 Å². The minimum Gasteiger partial charge on any atom is -0.326 e. The molecule has 7 nitrogen and oxygen atoms in total. The predicted octanol–water partition coefficient (Wildman–Crippen LogP) is 3.63. The highest BCUT2D eigenvalue weighted by atomic mass is 32.2. The number of sulfonamides is 1. The summed E-state index contributed by atoms with van der Waals surface area (Å²) in [7, 11) is -3.65. The molecular weight excluding hydrogens is 402 g/mol. The van der Waals surface area contributed by atoms with E-state index in [1.54, 1.807) is 43.3 Å². The molecule has 0 saturated carbocycles. The lowest BCUT2D eigenvalue weighted by Crippen LogP contribution is -2.38. The van der Waals surface area contributed by atoms with E-state index < -0.39 is 15.9 Å². The van der Waals surface area contributed by atoms with E-state index in [4.69, 9.17) is 0 Å². The molecule has 1 aliphatic rings. The Hall–Kier alpha value is -2.71. The fraction of sp³-hybridized carbons (Fsp3) is 0.364. The number of carbonyl (C=O) groups is 2. The van der Waals surface area contributed by atoms with Gasteiger partial charge >= 0.3 is 0 Å². The number of anilines is 2. The molecule has 0 radical (unpaired) electrons. The van der Waals surface area contributed by atoms with Crippen molar-refractivity contribution in [1.29, 1.82) is 0 Å². The van der Waals surface area contributed by atoms with Crippen molar-refractivity contribution >= 4 is 33.2 Å². The molecule has 3 rings (SSSR count). The first kappa shape index (κ1) is 22.0. The second-order valence-corrected chi connectivity index (χ2v) is 9.72. The summed E-state index contributed by atoms with van der Waals surface area (Å²) >= 11 is 0. The fourth-order valence-electron chi connectivity index (χ4n) is 3.46. The average Bonchev–Trinajstić information content (AvgIpc) is 2.68. The maximum absolute atomic E-state index is 13.0. The molecule has 1 fully saturated rings. The zero-order chi connectivity index (χ0) is 21.9. The molecule has 1 saturated heterocycles. The molecule has 0 unspecified atom stereocenters. The lowest BCUT2D eigenvalue weighted by Gasteiger charge is -2.29. The Morgan fingerprint density at radius 1 is 1.00 bits per heavy atom. The van der Waals surface area contributed by atoms with Gasteiger partial charge in [0.2, 0.25) is 15.9 Å². The van der Waals surface area contributed by atoms with Crippen molar-refractivity contribution in [2.75, 3.05) is 23.7 Å². The van der Waals surface area contributed by atoms with Crippen LogP contribution in [0.2, 0.25) is 0 Å². The summed E-state index contributed by atoms with van der Waals surface area (Å²) in [6.07, 6.45) is 1.67. The van der Waals surface area contributed by atoms with Crippen molar-refractivity contribution in [3.8, 4) is 0 Å². The Kier molecular flexibility index (Phi) is 6.58. The maximum atomic E-state index is 13.0. The topological polar surface area (TPSA) is 95.6 Å². The molecular formula is C22H27N3O4S. The molecule has 1 heterocycles. The Morgan fingerprint density at radius 3 is 2.27 bits per heavy atom. The molecule has 2 amide bonds. The third-order valence-electron chi connectivity index (χ3n) is 5.27. The maximum Gasteiger partial charge on any atom is 0.255 e. The quantitative estimate of drug-likeness (QED) is 0.759. The summed E-state index contributed by atoms with van der Waals surface area (Å²) in [5, 5.41) is 5.44. The molecule has 8 heteroatoms. The number of aryl methyl sites for hydroxylation is 1. The SMILES string of the molecule is CC(=O)Nc1cccc(NC(=O)c2cc(S(=O)(=O)N3CCC(C)CC3)ccc2C)c1. The second-order valence-electron chi connectivity index (χ2n) is 7.78. The van der Waals surface area contributed by atoms with Crippen molar-refractivity contribution in [2.45, 2.75) is 38.5 Å². The number of piperidine rings is 1. The first-order chi connectivity index (χ1) is 14.2. The first-order valence-electron chi connectivity index (χ1n) is 9.96. The van der Waals surface area contributed by atoms with E-state index >= 15 is 0 Å². The van der Waals surface area contributed by atoms with Crippen molar-refractivity contribution in [3.05, 3.63) is 53.6 Å². The molecule has 1 aliphatic heterocycles. The van der Waals surface area contributed by atoms with Gasteiger partial charge in [-0.05, 0) is 61.6 Å². The molecule has 0 atom stereocenters. The molecule has 160 valence electrons. The van der Waals surface area contributed by atoms with E-state index in [0.29, 0.717) is 41.5 Å². The fourth-order valence-corrected chi connectivity index (χ4v) is 4.95. The molecule has 2 aromatic rings. The third-order valence-corrected chi connectivity index (χ3v) is 7.17. The highest BCUT2D eigenvalue weighted by Gasteiger charge is 2.29. The minimum atomic E-state index is -3.65. The number of hydrogen-bond acceptors (Lipinski definition) is 4. The number of carbonyl (C=O) groups excluding carboxylic acids is 2. The smallest absolute Gasteiger partial charge is 0.255 e. The highest BCUT2D eigenvalue weighted by Crippen LogP contribution is 2.25. The average molecular weight is 430 g/mol. The van der Waals surface area contributed by atoms with Gasteiger partial charge in [0.1, 0.15) is 0 Å². The first-order valence-corrected chi connectivity index (χ1v) is 11.4. The van der Waals surface area contributed by atoms with Crippen LogP contribution in [0.15, 0.2) is 47.4 Å². The highest BCUT2D eigenvalue weighted by molar-refractivity contribution is 7.89. The zero-order valence-corrected chi connectivity index (χ0v) is 18.3. The Morgan fingerprint density at radius 2 is 1.63 bits per heavy atom. The predicted molar refractivity (Wildman–Crippen MR) is 117 cm³/mol. The van der Waals surface area contributed by atoms with E-state index in [-0.39, 0.29) is 10.8 Å². The summed E-state index contributed by atoms with van der Waals surface area (Å²) in [5.41, 5.74) is 2.04. The summed E-state index contributed by atoms with van der Waals surface area (Å²) in [5.74, 6) is -0.0970. The van der Waals surface area contributed by atoms with E-state index in [1.807, 2.05) is 0 Å². The summed E-state index contributed by atoms with van der Waals surface area (Å²) in [6.45, 7) is 6.29. The number of amides is 2. The molecule has 2 N–H and O–H groups in total. The van der Waals surface area contributed by atoms with Crippen LogP contribution >= 0.6 is 0 Å². The van der Waals surface area contributed by atoms with Crippen LogP contribution in [0.5, 0.6) is 0 Å². The van der Waals surface area contributed by atoms with Crippen molar-refractivity contribution in [1.82, 2.24) is 4.31 Å². The van der Waals surface area contributed by atoms with Gasteiger partial charge in [0.05, 0.1) is 4.90 Å². The van der Waals surface area contributed by atoms with Gasteiger partial charge in [-0.25, -0.2) is 8.42 Å². The van der Waals surface area contributed by atoms with Crippen LogP contribution < -0.4 is 10.6 Å².